The summed E-state index contributed by atoms with van der Waals surface area (Å²) in [6.07, 6.45) is 2.28. The molecule has 2 aromatic rings. The highest BCUT2D eigenvalue weighted by Gasteiger charge is 2.34. The number of rotatable bonds is 6. The number of methoxy groups -OCH3 is 1. The molecule has 1 fully saturated rings. The summed E-state index contributed by atoms with van der Waals surface area (Å²) in [4.78, 5) is 13.4. The van der Waals surface area contributed by atoms with Gasteiger partial charge in [0.05, 0.1) is 13.5 Å². The normalized spacial score (nSPS) is 16.5. The van der Waals surface area contributed by atoms with E-state index < -0.39 is 0 Å². The molecule has 5 heteroatoms. The van der Waals surface area contributed by atoms with Crippen LogP contribution in [0.1, 0.15) is 23.3 Å². The van der Waals surface area contributed by atoms with E-state index in [2.05, 4.69) is 17.4 Å². The Bertz CT molecular complexity index is 646. The fraction of sp³-hybridized carbons (Fsp3) is 0.421. The van der Waals surface area contributed by atoms with Crippen LogP contribution < -0.4 is 10.1 Å². The molecule has 0 spiro atoms. The molecule has 0 unspecified atom stereocenters. The molecule has 0 radical (unpaired) electrons. The van der Waals surface area contributed by atoms with Crippen molar-refractivity contribution in [1.82, 2.24) is 5.32 Å². The molecule has 4 nitrogen and oxygen atoms in total. The van der Waals surface area contributed by atoms with E-state index >= 15 is 0 Å². The number of thiophene rings is 1. The fourth-order valence-corrected chi connectivity index (χ4v) is 3.88. The molecule has 0 bridgehead atoms. The summed E-state index contributed by atoms with van der Waals surface area (Å²) < 4.78 is 10.8. The number of benzene rings is 1. The molecule has 1 aromatic heterocycles. The Morgan fingerprint density at radius 2 is 2.00 bits per heavy atom. The predicted octanol–water partition coefficient (Wildman–Crippen LogP) is 3.16. The van der Waals surface area contributed by atoms with Gasteiger partial charge < -0.3 is 14.8 Å². The average molecular weight is 345 g/mol. The summed E-state index contributed by atoms with van der Waals surface area (Å²) >= 11 is 1.62. The van der Waals surface area contributed by atoms with E-state index in [9.17, 15) is 4.79 Å². The summed E-state index contributed by atoms with van der Waals surface area (Å²) in [7, 11) is 1.67. The Balaban J connectivity index is 1.69. The van der Waals surface area contributed by atoms with Gasteiger partial charge in [0.1, 0.15) is 5.75 Å². The first-order valence-electron chi connectivity index (χ1n) is 8.23. The smallest absolute Gasteiger partial charge is 0.225 e. The molecule has 1 aliphatic heterocycles. The van der Waals surface area contributed by atoms with Gasteiger partial charge in [-0.1, -0.05) is 18.2 Å². The summed E-state index contributed by atoms with van der Waals surface area (Å²) in [5, 5.41) is 5.14. The van der Waals surface area contributed by atoms with Crippen molar-refractivity contribution in [2.24, 2.45) is 0 Å². The number of carbonyl (C=O) groups excluding carboxylic acids is 1. The van der Waals surface area contributed by atoms with E-state index in [1.54, 1.807) is 18.4 Å². The minimum absolute atomic E-state index is 0.0599. The summed E-state index contributed by atoms with van der Waals surface area (Å²) in [6, 6.07) is 12.2. The van der Waals surface area contributed by atoms with Gasteiger partial charge in [0.25, 0.3) is 0 Å². The molecule has 0 saturated carbocycles. The van der Waals surface area contributed by atoms with E-state index in [-0.39, 0.29) is 11.3 Å². The molecular formula is C19H23NO3S. The molecule has 0 atom stereocenters. The maximum absolute atomic E-state index is 12.3. The lowest BCUT2D eigenvalue weighted by molar-refractivity contribution is -0.120. The highest BCUT2D eigenvalue weighted by molar-refractivity contribution is 7.10. The second kappa shape index (κ2) is 7.81. The van der Waals surface area contributed by atoms with Crippen LogP contribution in [0.4, 0.5) is 0 Å². The van der Waals surface area contributed by atoms with Gasteiger partial charge in [0, 0.05) is 30.1 Å². The van der Waals surface area contributed by atoms with Gasteiger partial charge in [-0.2, -0.15) is 0 Å². The Morgan fingerprint density at radius 3 is 2.62 bits per heavy atom. The van der Waals surface area contributed by atoms with E-state index in [0.717, 1.165) is 36.7 Å². The van der Waals surface area contributed by atoms with Crippen molar-refractivity contribution in [3.8, 4) is 5.75 Å². The highest BCUT2D eigenvalue weighted by atomic mass is 32.1. The van der Waals surface area contributed by atoms with Gasteiger partial charge in [-0.3, -0.25) is 4.79 Å². The monoisotopic (exact) mass is 345 g/mol. The summed E-state index contributed by atoms with van der Waals surface area (Å²) in [6.45, 7) is 2.10. The van der Waals surface area contributed by atoms with E-state index in [0.29, 0.717) is 13.0 Å². The van der Waals surface area contributed by atoms with Crippen LogP contribution in [0.2, 0.25) is 0 Å². The third-order valence-electron chi connectivity index (χ3n) is 4.69. The lowest BCUT2D eigenvalue weighted by atomic mass is 9.74. The Labute approximate surface area is 146 Å². The van der Waals surface area contributed by atoms with Gasteiger partial charge in [-0.25, -0.2) is 0 Å². The molecule has 2 heterocycles. The molecule has 3 rings (SSSR count). The van der Waals surface area contributed by atoms with Gasteiger partial charge in [-0.05, 0) is 42.0 Å². The number of ether oxygens (including phenoxy) is 2. The first-order chi connectivity index (χ1) is 11.7. The lowest BCUT2D eigenvalue weighted by Crippen LogP contribution is -2.44. The van der Waals surface area contributed by atoms with Crippen LogP contribution in [0.15, 0.2) is 41.8 Å². The minimum Gasteiger partial charge on any atom is -0.497 e. The fourth-order valence-electron chi connectivity index (χ4n) is 3.18. The third kappa shape index (κ3) is 3.97. The molecule has 1 saturated heterocycles. The molecule has 128 valence electrons. The molecule has 1 aromatic carbocycles. The Kier molecular flexibility index (Phi) is 5.53. The van der Waals surface area contributed by atoms with Gasteiger partial charge >= 0.3 is 0 Å². The van der Waals surface area contributed by atoms with E-state index in [4.69, 9.17) is 9.47 Å². The average Bonchev–Trinajstić information content (AvgIpc) is 3.14. The van der Waals surface area contributed by atoms with Crippen molar-refractivity contribution in [3.05, 3.63) is 52.2 Å². The molecule has 1 aliphatic rings. The van der Waals surface area contributed by atoms with E-state index in [1.807, 2.05) is 29.6 Å². The predicted molar refractivity (Wildman–Crippen MR) is 95.8 cm³/mol. The maximum Gasteiger partial charge on any atom is 0.225 e. The van der Waals surface area contributed by atoms with Crippen molar-refractivity contribution in [3.63, 3.8) is 0 Å². The Hall–Kier alpha value is -1.85. The van der Waals surface area contributed by atoms with Crippen LogP contribution in [0.5, 0.6) is 5.75 Å². The van der Waals surface area contributed by atoms with E-state index in [1.165, 1.54) is 5.56 Å². The standard InChI is InChI=1S/C19H23NO3S/c1-22-16-6-4-15(5-7-16)19(8-10-23-11-9-19)14-20-18(21)13-17-3-2-12-24-17/h2-7,12H,8-11,13-14H2,1H3,(H,20,21). The van der Waals surface area contributed by atoms with Gasteiger partial charge in [0.2, 0.25) is 5.91 Å². The van der Waals surface area contributed by atoms with Gasteiger partial charge in [-0.15, -0.1) is 11.3 Å². The number of nitrogens with one attached hydrogen (secondary N) is 1. The minimum atomic E-state index is -0.0599. The Morgan fingerprint density at radius 1 is 1.25 bits per heavy atom. The molecule has 1 amide bonds. The van der Waals surface area contributed by atoms with Crippen LogP contribution in [-0.4, -0.2) is 32.8 Å². The summed E-state index contributed by atoms with van der Waals surface area (Å²) in [5.41, 5.74) is 1.18. The molecule has 0 aliphatic carbocycles. The number of hydrogen-bond donors (Lipinski definition) is 1. The zero-order chi connectivity index (χ0) is 16.8. The number of hydrogen-bond acceptors (Lipinski definition) is 4. The molecule has 1 N–H and O–H groups in total. The van der Waals surface area contributed by atoms with Gasteiger partial charge in [0.15, 0.2) is 0 Å². The quantitative estimate of drug-likeness (QED) is 0.875. The second-order valence-electron chi connectivity index (χ2n) is 6.15. The van der Waals surface area contributed by atoms with Crippen LogP contribution in [0, 0.1) is 0 Å². The van der Waals surface area contributed by atoms with Crippen LogP contribution in [-0.2, 0) is 21.4 Å². The van der Waals surface area contributed by atoms with Crippen LogP contribution >= 0.6 is 11.3 Å². The number of carbonyl (C=O) groups is 1. The largest absolute Gasteiger partial charge is 0.497 e. The van der Waals surface area contributed by atoms with Crippen LogP contribution in [0.3, 0.4) is 0 Å². The van der Waals surface area contributed by atoms with Crippen molar-refractivity contribution in [1.29, 1.82) is 0 Å². The lowest BCUT2D eigenvalue weighted by Gasteiger charge is -2.38. The third-order valence-corrected chi connectivity index (χ3v) is 5.57. The van der Waals surface area contributed by atoms with Crippen molar-refractivity contribution < 1.29 is 14.3 Å². The van der Waals surface area contributed by atoms with Crippen molar-refractivity contribution in [2.75, 3.05) is 26.9 Å². The molecule has 24 heavy (non-hydrogen) atoms. The van der Waals surface area contributed by atoms with Crippen molar-refractivity contribution in [2.45, 2.75) is 24.7 Å². The first-order valence-corrected chi connectivity index (χ1v) is 9.11. The number of amides is 1. The topological polar surface area (TPSA) is 47.6 Å². The second-order valence-corrected chi connectivity index (χ2v) is 7.19. The maximum atomic E-state index is 12.3. The van der Waals surface area contributed by atoms with Crippen LogP contribution in [0.25, 0.3) is 0 Å². The zero-order valence-corrected chi connectivity index (χ0v) is 14.7. The van der Waals surface area contributed by atoms with Crippen molar-refractivity contribution >= 4 is 17.2 Å². The first kappa shape index (κ1) is 17.0. The SMILES string of the molecule is COc1ccc(C2(CNC(=O)Cc3cccs3)CCOCC2)cc1. The summed E-state index contributed by atoms with van der Waals surface area (Å²) in [5.74, 6) is 0.930. The molecular weight excluding hydrogens is 322 g/mol. The zero-order valence-electron chi connectivity index (χ0n) is 13.9. The highest BCUT2D eigenvalue weighted by Crippen LogP contribution is 2.35.